The molecular weight excluding hydrogens is 592 g/mol. The van der Waals surface area contributed by atoms with Gasteiger partial charge in [0.25, 0.3) is 11.8 Å². The number of nitrogens with zero attached hydrogens (tertiary/aromatic N) is 3. The number of nitrogens with one attached hydrogen (secondary N) is 1. The highest BCUT2D eigenvalue weighted by atomic mass is 19.4. The van der Waals surface area contributed by atoms with E-state index in [0.29, 0.717) is 24.4 Å². The van der Waals surface area contributed by atoms with Crippen molar-refractivity contribution in [2.75, 3.05) is 12.4 Å². The Kier molecular flexibility index (Phi) is 8.00. The van der Waals surface area contributed by atoms with Crippen LogP contribution in [0.15, 0.2) is 66.2 Å². The van der Waals surface area contributed by atoms with Crippen LogP contribution in [0.2, 0.25) is 0 Å². The number of aliphatic hydroxyl groups excluding tert-OH is 1. The molecular formula is C28H22F8N4O3. The summed E-state index contributed by atoms with van der Waals surface area (Å²) in [6.45, 7) is 2.22. The Morgan fingerprint density at radius 3 is 2.26 bits per heavy atom. The molecule has 0 spiro atoms. The van der Waals surface area contributed by atoms with Crippen LogP contribution in [-0.2, 0) is 28.5 Å². The monoisotopic (exact) mass is 614 g/mol. The quantitative estimate of drug-likeness (QED) is 0.254. The van der Waals surface area contributed by atoms with Crippen molar-refractivity contribution in [3.8, 4) is 11.1 Å². The van der Waals surface area contributed by atoms with Crippen LogP contribution in [0.4, 0.5) is 40.8 Å². The molecule has 0 radical (unpaired) electrons. The lowest BCUT2D eigenvalue weighted by molar-refractivity contribution is -0.160. The Morgan fingerprint density at radius 2 is 1.63 bits per heavy atom. The number of alkyl halides is 6. The Bertz CT molecular complexity index is 1630. The van der Waals surface area contributed by atoms with E-state index in [4.69, 9.17) is 0 Å². The topological polar surface area (TPSA) is 85.8 Å². The summed E-state index contributed by atoms with van der Waals surface area (Å²) in [5.74, 6) is -5.71. The molecule has 0 aliphatic carbocycles. The number of benzene rings is 2. The molecule has 43 heavy (non-hydrogen) atoms. The van der Waals surface area contributed by atoms with Gasteiger partial charge in [-0.3, -0.25) is 19.6 Å². The van der Waals surface area contributed by atoms with Crippen LogP contribution in [0.1, 0.15) is 30.5 Å². The van der Waals surface area contributed by atoms with E-state index in [-0.39, 0.29) is 5.56 Å². The minimum Gasteiger partial charge on any atom is -0.509 e. The average molecular weight is 614 g/mol. The number of carbonyl (C=O) groups is 2. The third-order valence-electron chi connectivity index (χ3n) is 6.99. The van der Waals surface area contributed by atoms with Gasteiger partial charge in [0.1, 0.15) is 11.3 Å². The van der Waals surface area contributed by atoms with Gasteiger partial charge in [0, 0.05) is 41.8 Å². The lowest BCUT2D eigenvalue weighted by atomic mass is 9.93. The van der Waals surface area contributed by atoms with Gasteiger partial charge in [-0.05, 0) is 44.2 Å². The number of likely N-dealkylation sites (N-methyl/N-ethyl adjacent to an activating group) is 1. The molecule has 15 heteroatoms. The summed E-state index contributed by atoms with van der Waals surface area (Å²) >= 11 is 0. The standard InChI is InChI=1S/C28H22F8N4O3/c1-26(2)23(41)21(25(43)40(39(26)3)13-14-5-4-6-19(29)22(14)30)24(42)38-20-8-7-16(27(31,32)33)10-18(20)15-9-17(12-37-11-15)28(34,35)36/h4-12,41H,13H2,1-3H3,(H,38,42). The Balaban J connectivity index is 1.78. The smallest absolute Gasteiger partial charge is 0.417 e. The van der Waals surface area contributed by atoms with Gasteiger partial charge in [0.05, 0.1) is 23.2 Å². The van der Waals surface area contributed by atoms with E-state index in [2.05, 4.69) is 10.3 Å². The van der Waals surface area contributed by atoms with Crippen LogP contribution in [0.3, 0.4) is 0 Å². The fourth-order valence-corrected chi connectivity index (χ4v) is 4.34. The molecule has 0 saturated carbocycles. The first-order valence-corrected chi connectivity index (χ1v) is 12.3. The first-order valence-electron chi connectivity index (χ1n) is 12.3. The number of halogens is 8. The van der Waals surface area contributed by atoms with Crippen molar-refractivity contribution in [2.45, 2.75) is 38.3 Å². The van der Waals surface area contributed by atoms with E-state index in [9.17, 15) is 49.8 Å². The van der Waals surface area contributed by atoms with Gasteiger partial charge in [-0.15, -0.1) is 0 Å². The number of aromatic nitrogens is 1. The highest BCUT2D eigenvalue weighted by Crippen LogP contribution is 2.39. The third kappa shape index (κ3) is 6.02. The number of amides is 2. The fourth-order valence-electron chi connectivity index (χ4n) is 4.34. The lowest BCUT2D eigenvalue weighted by Crippen LogP contribution is -2.60. The van der Waals surface area contributed by atoms with E-state index in [1.54, 1.807) is 0 Å². The maximum atomic E-state index is 14.4. The molecule has 1 aromatic heterocycles. The maximum Gasteiger partial charge on any atom is 0.417 e. The molecule has 2 aromatic carbocycles. The molecule has 7 nitrogen and oxygen atoms in total. The summed E-state index contributed by atoms with van der Waals surface area (Å²) in [4.78, 5) is 30.4. The normalized spacial score (nSPS) is 16.1. The molecule has 228 valence electrons. The van der Waals surface area contributed by atoms with Gasteiger partial charge in [-0.1, -0.05) is 12.1 Å². The Morgan fingerprint density at radius 1 is 0.977 bits per heavy atom. The van der Waals surface area contributed by atoms with Crippen molar-refractivity contribution < 1.29 is 49.8 Å². The van der Waals surface area contributed by atoms with E-state index in [1.807, 2.05) is 0 Å². The molecule has 0 unspecified atom stereocenters. The first-order chi connectivity index (χ1) is 19.8. The highest BCUT2D eigenvalue weighted by Gasteiger charge is 2.46. The van der Waals surface area contributed by atoms with Crippen molar-refractivity contribution in [1.82, 2.24) is 15.0 Å². The zero-order chi connectivity index (χ0) is 32.1. The molecule has 2 heterocycles. The number of pyridine rings is 1. The molecule has 0 bridgehead atoms. The lowest BCUT2D eigenvalue weighted by Gasteiger charge is -2.46. The minimum absolute atomic E-state index is 0.265. The zero-order valence-corrected chi connectivity index (χ0v) is 22.5. The van der Waals surface area contributed by atoms with Crippen LogP contribution in [0, 0.1) is 11.6 Å². The van der Waals surface area contributed by atoms with Crippen molar-refractivity contribution in [2.24, 2.45) is 0 Å². The van der Waals surface area contributed by atoms with Gasteiger partial charge in [0.15, 0.2) is 11.6 Å². The maximum absolute atomic E-state index is 14.4. The molecule has 0 fully saturated rings. The second-order valence-electron chi connectivity index (χ2n) is 10.1. The van der Waals surface area contributed by atoms with Crippen LogP contribution in [0.5, 0.6) is 0 Å². The van der Waals surface area contributed by atoms with E-state index < -0.39 is 87.2 Å². The van der Waals surface area contributed by atoms with Crippen molar-refractivity contribution in [3.05, 3.63) is 94.5 Å². The van der Waals surface area contributed by atoms with Gasteiger partial charge in [-0.2, -0.15) is 26.3 Å². The van der Waals surface area contributed by atoms with Crippen molar-refractivity contribution in [3.63, 3.8) is 0 Å². The number of hydrogen-bond donors (Lipinski definition) is 2. The van der Waals surface area contributed by atoms with Crippen molar-refractivity contribution in [1.29, 1.82) is 0 Å². The van der Waals surface area contributed by atoms with Gasteiger partial charge >= 0.3 is 12.4 Å². The van der Waals surface area contributed by atoms with Gasteiger partial charge in [-0.25, -0.2) is 13.8 Å². The molecule has 1 aliphatic heterocycles. The van der Waals surface area contributed by atoms with Crippen LogP contribution < -0.4 is 5.32 Å². The van der Waals surface area contributed by atoms with Crippen molar-refractivity contribution >= 4 is 17.5 Å². The average Bonchev–Trinajstić information content (AvgIpc) is 2.92. The Hall–Kier alpha value is -4.53. The molecule has 3 aromatic rings. The van der Waals surface area contributed by atoms with E-state index in [1.165, 1.54) is 38.0 Å². The summed E-state index contributed by atoms with van der Waals surface area (Å²) in [6, 6.07) is 5.63. The number of hydrazine groups is 1. The van der Waals surface area contributed by atoms with Crippen LogP contribution in [0.25, 0.3) is 11.1 Å². The van der Waals surface area contributed by atoms with E-state index in [0.717, 1.165) is 23.3 Å². The van der Waals surface area contributed by atoms with Crippen LogP contribution in [-0.4, -0.2) is 44.5 Å². The number of anilines is 1. The number of rotatable bonds is 5. The first kappa shape index (κ1) is 31.4. The number of hydrogen-bond acceptors (Lipinski definition) is 5. The fraction of sp³-hybridized carbons (Fsp3) is 0.250. The largest absolute Gasteiger partial charge is 0.509 e. The Labute approximate surface area is 239 Å². The number of carbonyl (C=O) groups excluding carboxylic acids is 2. The summed E-state index contributed by atoms with van der Waals surface area (Å²) in [5, 5.41) is 15.2. The summed E-state index contributed by atoms with van der Waals surface area (Å²) in [6.07, 6.45) is -8.47. The predicted molar refractivity (Wildman–Crippen MR) is 137 cm³/mol. The molecule has 2 N–H and O–H groups in total. The van der Waals surface area contributed by atoms with Gasteiger partial charge in [0.2, 0.25) is 0 Å². The number of aliphatic hydroxyl groups is 1. The summed E-state index contributed by atoms with van der Waals surface area (Å²) in [5.41, 5.74) is -6.54. The molecule has 4 rings (SSSR count). The van der Waals surface area contributed by atoms with E-state index >= 15 is 0 Å². The second-order valence-corrected chi connectivity index (χ2v) is 10.1. The van der Waals surface area contributed by atoms with Gasteiger partial charge < -0.3 is 10.4 Å². The van der Waals surface area contributed by atoms with Crippen LogP contribution >= 0.6 is 0 Å². The molecule has 0 saturated heterocycles. The SMILES string of the molecule is CN1N(Cc2cccc(F)c2F)C(=O)C(C(=O)Nc2ccc(C(F)(F)F)cc2-c2cncc(C(F)(F)F)c2)=C(O)C1(C)C. The zero-order valence-electron chi connectivity index (χ0n) is 22.5. The third-order valence-corrected chi connectivity index (χ3v) is 6.99. The molecule has 2 amide bonds. The summed E-state index contributed by atoms with van der Waals surface area (Å²) < 4.78 is 109. The second kappa shape index (κ2) is 10.9. The minimum atomic E-state index is -4.91. The highest BCUT2D eigenvalue weighted by molar-refractivity contribution is 6.24. The molecule has 1 aliphatic rings. The predicted octanol–water partition coefficient (Wildman–Crippen LogP) is 6.48. The summed E-state index contributed by atoms with van der Waals surface area (Å²) in [7, 11) is 1.34. The molecule has 0 atom stereocenters.